The highest BCUT2D eigenvalue weighted by atomic mass is 16.5. The van der Waals surface area contributed by atoms with Gasteiger partial charge in [-0.05, 0) is 92.3 Å². The Morgan fingerprint density at radius 3 is 2.45 bits per heavy atom. The summed E-state index contributed by atoms with van der Waals surface area (Å²) in [6.07, 6.45) is 6.76. The summed E-state index contributed by atoms with van der Waals surface area (Å²) in [5.74, 6) is 3.28. The van der Waals surface area contributed by atoms with Crippen LogP contribution >= 0.6 is 0 Å². The third-order valence-corrected chi connectivity index (χ3v) is 8.53. The summed E-state index contributed by atoms with van der Waals surface area (Å²) in [6.45, 7) is 8.75. The molecule has 0 amide bonds. The highest BCUT2D eigenvalue weighted by Gasteiger charge is 2.38. The lowest BCUT2D eigenvalue weighted by molar-refractivity contribution is 0.153. The van der Waals surface area contributed by atoms with Crippen LogP contribution in [0.2, 0.25) is 0 Å². The highest BCUT2D eigenvalue weighted by Crippen LogP contribution is 2.51. The lowest BCUT2D eigenvalue weighted by Crippen LogP contribution is -2.31. The summed E-state index contributed by atoms with van der Waals surface area (Å²) >= 11 is 0. The number of rotatable bonds is 4. The van der Waals surface area contributed by atoms with Crippen LogP contribution < -0.4 is 9.64 Å². The Balaban J connectivity index is 1.26. The van der Waals surface area contributed by atoms with Crippen molar-refractivity contribution in [3.63, 3.8) is 0 Å². The molecule has 1 saturated carbocycles. The molecule has 0 radical (unpaired) electrons. The zero-order valence-electron chi connectivity index (χ0n) is 23.6. The first-order chi connectivity index (χ1) is 19.4. The Labute approximate surface area is 236 Å². The normalized spacial score (nSPS) is 20.6. The first-order valence-electron chi connectivity index (χ1n) is 14.4. The van der Waals surface area contributed by atoms with Crippen molar-refractivity contribution in [1.29, 1.82) is 0 Å². The van der Waals surface area contributed by atoms with Gasteiger partial charge in [0, 0.05) is 28.8 Å². The maximum atomic E-state index is 6.55. The quantitative estimate of drug-likeness (QED) is 0.265. The number of ether oxygens (including phenoxy) is 2. The van der Waals surface area contributed by atoms with Gasteiger partial charge in [0.15, 0.2) is 0 Å². The molecule has 0 unspecified atom stereocenters. The molecule has 0 N–H and O–H groups in total. The van der Waals surface area contributed by atoms with E-state index < -0.39 is 0 Å². The van der Waals surface area contributed by atoms with E-state index in [0.29, 0.717) is 6.04 Å². The molecule has 3 aromatic carbocycles. The number of hydrogen-bond acceptors (Lipinski definition) is 5. The summed E-state index contributed by atoms with van der Waals surface area (Å²) in [6, 6.07) is 25.8. The molecule has 4 aromatic rings. The van der Waals surface area contributed by atoms with Gasteiger partial charge in [-0.25, -0.2) is 9.98 Å². The molecular weight excluding hydrogens is 494 g/mol. The van der Waals surface area contributed by atoms with Crippen molar-refractivity contribution in [2.24, 2.45) is 4.99 Å². The zero-order chi connectivity index (χ0) is 27.4. The number of anilines is 3. The number of para-hydroxylation sites is 1. The van der Waals surface area contributed by atoms with Crippen molar-refractivity contribution in [3.05, 3.63) is 107 Å². The molecule has 40 heavy (non-hydrogen) atoms. The van der Waals surface area contributed by atoms with E-state index in [2.05, 4.69) is 99.3 Å². The summed E-state index contributed by atoms with van der Waals surface area (Å²) < 4.78 is 12.8. The zero-order valence-corrected chi connectivity index (χ0v) is 23.6. The molecule has 1 fully saturated rings. The Hall–Kier alpha value is -4.12. The van der Waals surface area contributed by atoms with E-state index in [1.165, 1.54) is 24.0 Å². The molecule has 3 aliphatic rings. The maximum Gasteiger partial charge on any atom is 0.216 e. The number of hydrogen-bond donors (Lipinski definition) is 0. The lowest BCUT2D eigenvalue weighted by atomic mass is 9.74. The van der Waals surface area contributed by atoms with Crippen LogP contribution in [0, 0.1) is 13.8 Å². The second-order valence-electron chi connectivity index (χ2n) is 11.9. The van der Waals surface area contributed by atoms with Crippen molar-refractivity contribution in [2.45, 2.75) is 70.9 Å². The minimum atomic E-state index is -0.152. The van der Waals surface area contributed by atoms with E-state index in [1.807, 2.05) is 12.3 Å². The van der Waals surface area contributed by atoms with Crippen molar-refractivity contribution >= 4 is 23.1 Å². The molecular formula is C35H35N3O2. The van der Waals surface area contributed by atoms with Crippen LogP contribution in [0.3, 0.4) is 0 Å². The van der Waals surface area contributed by atoms with Gasteiger partial charge < -0.3 is 9.47 Å². The first kappa shape index (κ1) is 24.9. The molecule has 3 heterocycles. The largest absolute Gasteiger partial charge is 0.472 e. The molecule has 1 aliphatic carbocycles. The summed E-state index contributed by atoms with van der Waals surface area (Å²) in [7, 11) is 0. The van der Waals surface area contributed by atoms with Crippen LogP contribution in [0.1, 0.15) is 67.3 Å². The van der Waals surface area contributed by atoms with Crippen LogP contribution in [-0.2, 0) is 10.2 Å². The number of aliphatic imine (C=N–C) groups is 1. The maximum absolute atomic E-state index is 6.55. The molecule has 202 valence electrons. The third-order valence-electron chi connectivity index (χ3n) is 8.53. The average molecular weight is 530 g/mol. The molecule has 0 spiro atoms. The molecule has 0 saturated heterocycles. The van der Waals surface area contributed by atoms with Gasteiger partial charge >= 0.3 is 0 Å². The third kappa shape index (κ3) is 4.25. The molecule has 5 nitrogen and oxygen atoms in total. The van der Waals surface area contributed by atoms with E-state index in [9.17, 15) is 0 Å². The first-order valence-corrected chi connectivity index (χ1v) is 14.4. The van der Waals surface area contributed by atoms with Gasteiger partial charge in [0.25, 0.3) is 0 Å². The van der Waals surface area contributed by atoms with E-state index >= 15 is 0 Å². The lowest BCUT2D eigenvalue weighted by Gasteiger charge is -2.41. The number of nitrogens with zero attached hydrogens (tertiary/aromatic N) is 3. The predicted octanol–water partition coefficient (Wildman–Crippen LogP) is 8.69. The van der Waals surface area contributed by atoms with Gasteiger partial charge in [0.1, 0.15) is 23.4 Å². The molecule has 1 aromatic heterocycles. The van der Waals surface area contributed by atoms with E-state index in [4.69, 9.17) is 19.5 Å². The number of aromatic nitrogens is 1. The fraction of sp³-hybridized carbons (Fsp3) is 0.314. The summed E-state index contributed by atoms with van der Waals surface area (Å²) in [5.41, 5.74) is 7.73. The van der Waals surface area contributed by atoms with Gasteiger partial charge in [-0.2, -0.15) is 0 Å². The van der Waals surface area contributed by atoms with Crippen LogP contribution in [-0.4, -0.2) is 23.0 Å². The second kappa shape index (κ2) is 9.51. The monoisotopic (exact) mass is 529 g/mol. The number of aryl methyl sites for hydroxylation is 2. The van der Waals surface area contributed by atoms with Gasteiger partial charge in [0.2, 0.25) is 5.90 Å². The van der Waals surface area contributed by atoms with Crippen molar-refractivity contribution in [2.75, 3.05) is 4.90 Å². The van der Waals surface area contributed by atoms with Gasteiger partial charge in [-0.1, -0.05) is 44.5 Å². The smallest absolute Gasteiger partial charge is 0.216 e. The van der Waals surface area contributed by atoms with E-state index in [0.717, 1.165) is 64.1 Å². The summed E-state index contributed by atoms with van der Waals surface area (Å²) in [5, 5.41) is 0. The minimum Gasteiger partial charge on any atom is -0.472 e. The Morgan fingerprint density at radius 2 is 1.60 bits per heavy atom. The Kier molecular flexibility index (Phi) is 5.92. The molecule has 7 rings (SSSR count). The Morgan fingerprint density at radius 1 is 0.850 bits per heavy atom. The Bertz CT molecular complexity index is 1590. The molecule has 2 aliphatic heterocycles. The fourth-order valence-electron chi connectivity index (χ4n) is 6.59. The van der Waals surface area contributed by atoms with Crippen molar-refractivity contribution in [3.8, 4) is 11.5 Å². The SMILES string of the molecule is Cc1cc(Oc2cc(C)cc(N3c4ccccc4C(C)(C)c4cccnc43)c2)cc(C2=N[C@H]3CCCC[C@@H]3O2)c1. The standard InChI is InChI=1S/C35H35N3O2/c1-22-16-24(34-37-30-12-6-8-14-32(30)40-34)20-26(18-22)39-27-19-23(2)17-25(21-27)38-31-13-7-5-10-28(31)35(3,4)29-11-9-15-36-33(29)38/h5,7,9-11,13,15-21,30,32H,6,8,12,14H2,1-4H3/t30-,32-/m0/s1. The summed E-state index contributed by atoms with van der Waals surface area (Å²) in [4.78, 5) is 12.1. The van der Waals surface area contributed by atoms with E-state index in [1.54, 1.807) is 0 Å². The second-order valence-corrected chi connectivity index (χ2v) is 11.9. The van der Waals surface area contributed by atoms with Gasteiger partial charge in [0.05, 0.1) is 17.4 Å². The van der Waals surface area contributed by atoms with E-state index in [-0.39, 0.29) is 11.5 Å². The van der Waals surface area contributed by atoms with Crippen LogP contribution in [0.5, 0.6) is 11.5 Å². The topological polar surface area (TPSA) is 47.0 Å². The van der Waals surface area contributed by atoms with Gasteiger partial charge in [-0.3, -0.25) is 4.90 Å². The van der Waals surface area contributed by atoms with Crippen LogP contribution in [0.25, 0.3) is 0 Å². The molecule has 2 atom stereocenters. The minimum absolute atomic E-state index is 0.152. The van der Waals surface area contributed by atoms with Crippen molar-refractivity contribution < 1.29 is 9.47 Å². The highest BCUT2D eigenvalue weighted by molar-refractivity contribution is 5.96. The molecule has 0 bridgehead atoms. The van der Waals surface area contributed by atoms with Crippen molar-refractivity contribution in [1.82, 2.24) is 4.98 Å². The fourth-order valence-corrected chi connectivity index (χ4v) is 6.59. The van der Waals surface area contributed by atoms with Gasteiger partial charge in [-0.15, -0.1) is 0 Å². The number of fused-ring (bicyclic) bond motifs is 3. The predicted molar refractivity (Wildman–Crippen MR) is 161 cm³/mol. The number of benzene rings is 3. The molecule has 5 heteroatoms. The average Bonchev–Trinajstić information content (AvgIpc) is 3.37. The van der Waals surface area contributed by atoms with Crippen LogP contribution in [0.4, 0.5) is 17.2 Å². The van der Waals surface area contributed by atoms with Crippen LogP contribution in [0.15, 0.2) is 84.0 Å². The number of pyridine rings is 1.